The van der Waals surface area contributed by atoms with Gasteiger partial charge in [-0.05, 0) is 30.2 Å². The lowest BCUT2D eigenvalue weighted by atomic mass is 9.95. The topological polar surface area (TPSA) is 41.1 Å². The fourth-order valence-electron chi connectivity index (χ4n) is 1.88. The zero-order valence-corrected chi connectivity index (χ0v) is 8.26. The molecule has 1 aliphatic heterocycles. The lowest BCUT2D eigenvalue weighted by Crippen LogP contribution is -2.27. The van der Waals surface area contributed by atoms with Crippen molar-refractivity contribution in [3.05, 3.63) is 34.9 Å². The molecule has 0 unspecified atom stereocenters. The van der Waals surface area contributed by atoms with Crippen LogP contribution in [0.25, 0.3) is 0 Å². The molecule has 0 atom stereocenters. The predicted octanol–water partition coefficient (Wildman–Crippen LogP) is 0.692. The van der Waals surface area contributed by atoms with Gasteiger partial charge in [-0.3, -0.25) is 4.79 Å². The van der Waals surface area contributed by atoms with Gasteiger partial charge in [0.05, 0.1) is 0 Å². The summed E-state index contributed by atoms with van der Waals surface area (Å²) in [7, 11) is 1.67. The van der Waals surface area contributed by atoms with Crippen LogP contribution in [-0.2, 0) is 13.0 Å². The van der Waals surface area contributed by atoms with E-state index in [0.717, 1.165) is 25.1 Å². The number of carbonyl (C=O) groups is 1. The van der Waals surface area contributed by atoms with E-state index >= 15 is 0 Å². The Labute approximate surface area is 83.5 Å². The SMILES string of the molecule is CNC(=O)c1cccc2c1CCNC2. The molecule has 2 N–H and O–H groups in total. The minimum Gasteiger partial charge on any atom is -0.355 e. The first-order chi connectivity index (χ1) is 6.83. The molecule has 0 saturated carbocycles. The van der Waals surface area contributed by atoms with Gasteiger partial charge in [-0.1, -0.05) is 12.1 Å². The third kappa shape index (κ3) is 1.51. The van der Waals surface area contributed by atoms with Crippen molar-refractivity contribution in [2.24, 2.45) is 0 Å². The van der Waals surface area contributed by atoms with Crippen molar-refractivity contribution in [2.45, 2.75) is 13.0 Å². The maximum absolute atomic E-state index is 11.6. The number of fused-ring (bicyclic) bond motifs is 1. The van der Waals surface area contributed by atoms with Crippen LogP contribution in [-0.4, -0.2) is 19.5 Å². The Balaban J connectivity index is 2.45. The molecule has 0 spiro atoms. The second kappa shape index (κ2) is 3.80. The Bertz CT molecular complexity index is 360. The molecule has 74 valence electrons. The van der Waals surface area contributed by atoms with Crippen molar-refractivity contribution >= 4 is 5.91 Å². The smallest absolute Gasteiger partial charge is 0.251 e. The van der Waals surface area contributed by atoms with Gasteiger partial charge in [0, 0.05) is 19.2 Å². The molecule has 0 aliphatic carbocycles. The Morgan fingerprint density at radius 1 is 1.50 bits per heavy atom. The third-order valence-electron chi connectivity index (χ3n) is 2.61. The lowest BCUT2D eigenvalue weighted by molar-refractivity contribution is 0.0962. The van der Waals surface area contributed by atoms with Crippen LogP contribution in [0, 0.1) is 0 Å². The van der Waals surface area contributed by atoms with Crippen molar-refractivity contribution in [3.63, 3.8) is 0 Å². The summed E-state index contributed by atoms with van der Waals surface area (Å²) in [5, 5.41) is 5.97. The summed E-state index contributed by atoms with van der Waals surface area (Å²) >= 11 is 0. The van der Waals surface area contributed by atoms with Gasteiger partial charge in [-0.2, -0.15) is 0 Å². The van der Waals surface area contributed by atoms with Crippen molar-refractivity contribution in [1.29, 1.82) is 0 Å². The monoisotopic (exact) mass is 190 g/mol. The summed E-state index contributed by atoms with van der Waals surface area (Å²) in [6, 6.07) is 5.91. The van der Waals surface area contributed by atoms with E-state index in [2.05, 4.69) is 16.7 Å². The highest BCUT2D eigenvalue weighted by Crippen LogP contribution is 2.18. The normalized spacial score (nSPS) is 14.6. The van der Waals surface area contributed by atoms with E-state index in [1.165, 1.54) is 11.1 Å². The van der Waals surface area contributed by atoms with Crippen LogP contribution in [0.3, 0.4) is 0 Å². The highest BCUT2D eigenvalue weighted by atomic mass is 16.1. The van der Waals surface area contributed by atoms with Crippen LogP contribution in [0.1, 0.15) is 21.5 Å². The molecule has 1 aromatic rings. The molecule has 1 aromatic carbocycles. The van der Waals surface area contributed by atoms with Crippen molar-refractivity contribution in [2.75, 3.05) is 13.6 Å². The van der Waals surface area contributed by atoms with Crippen LogP contribution in [0.5, 0.6) is 0 Å². The fraction of sp³-hybridized carbons (Fsp3) is 0.364. The summed E-state index contributed by atoms with van der Waals surface area (Å²) in [5.74, 6) is 0.0174. The van der Waals surface area contributed by atoms with E-state index in [1.807, 2.05) is 12.1 Å². The first kappa shape index (κ1) is 9.21. The molecule has 0 bridgehead atoms. The van der Waals surface area contributed by atoms with E-state index in [0.29, 0.717) is 0 Å². The second-order valence-electron chi connectivity index (χ2n) is 3.45. The zero-order chi connectivity index (χ0) is 9.97. The standard InChI is InChI=1S/C11H14N2O/c1-12-11(14)10-4-2-3-8-7-13-6-5-9(8)10/h2-4,13H,5-7H2,1H3,(H,12,14). The van der Waals surface area contributed by atoms with E-state index in [-0.39, 0.29) is 5.91 Å². The van der Waals surface area contributed by atoms with Gasteiger partial charge in [-0.25, -0.2) is 0 Å². The number of nitrogens with one attached hydrogen (secondary N) is 2. The summed E-state index contributed by atoms with van der Waals surface area (Å²) in [6.45, 7) is 1.83. The van der Waals surface area contributed by atoms with Crippen LogP contribution in [0.4, 0.5) is 0 Å². The molecule has 1 heterocycles. The molecular weight excluding hydrogens is 176 g/mol. The molecule has 3 heteroatoms. The molecular formula is C11H14N2O. The quantitative estimate of drug-likeness (QED) is 0.684. The first-order valence-corrected chi connectivity index (χ1v) is 4.86. The highest BCUT2D eigenvalue weighted by Gasteiger charge is 2.15. The van der Waals surface area contributed by atoms with Gasteiger partial charge in [0.2, 0.25) is 0 Å². The summed E-state index contributed by atoms with van der Waals surface area (Å²) in [5.41, 5.74) is 3.27. The minimum atomic E-state index is 0.0174. The molecule has 2 rings (SSSR count). The van der Waals surface area contributed by atoms with Crippen molar-refractivity contribution < 1.29 is 4.79 Å². The first-order valence-electron chi connectivity index (χ1n) is 4.86. The summed E-state index contributed by atoms with van der Waals surface area (Å²) in [6.07, 6.45) is 0.943. The van der Waals surface area contributed by atoms with Crippen LogP contribution < -0.4 is 10.6 Å². The average molecular weight is 190 g/mol. The van der Waals surface area contributed by atoms with E-state index < -0.39 is 0 Å². The molecule has 0 fully saturated rings. The zero-order valence-electron chi connectivity index (χ0n) is 8.26. The molecule has 14 heavy (non-hydrogen) atoms. The predicted molar refractivity (Wildman–Crippen MR) is 55.2 cm³/mol. The number of carbonyl (C=O) groups excluding carboxylic acids is 1. The van der Waals surface area contributed by atoms with Gasteiger partial charge in [0.25, 0.3) is 5.91 Å². The second-order valence-corrected chi connectivity index (χ2v) is 3.45. The highest BCUT2D eigenvalue weighted by molar-refractivity contribution is 5.95. The molecule has 0 radical (unpaired) electrons. The number of amides is 1. The van der Waals surface area contributed by atoms with Gasteiger partial charge < -0.3 is 10.6 Å². The maximum atomic E-state index is 11.6. The lowest BCUT2D eigenvalue weighted by Gasteiger charge is -2.19. The molecule has 3 nitrogen and oxygen atoms in total. The van der Waals surface area contributed by atoms with Crippen LogP contribution in [0.2, 0.25) is 0 Å². The van der Waals surface area contributed by atoms with Crippen molar-refractivity contribution in [1.82, 2.24) is 10.6 Å². The fourth-order valence-corrected chi connectivity index (χ4v) is 1.88. The van der Waals surface area contributed by atoms with Gasteiger partial charge in [0.1, 0.15) is 0 Å². The summed E-state index contributed by atoms with van der Waals surface area (Å²) < 4.78 is 0. The van der Waals surface area contributed by atoms with Crippen LogP contribution >= 0.6 is 0 Å². The average Bonchev–Trinajstić information content (AvgIpc) is 2.27. The minimum absolute atomic E-state index is 0.0174. The number of hydrogen-bond acceptors (Lipinski definition) is 2. The van der Waals surface area contributed by atoms with Gasteiger partial charge in [-0.15, -0.1) is 0 Å². The van der Waals surface area contributed by atoms with E-state index in [9.17, 15) is 4.79 Å². The molecule has 0 saturated heterocycles. The van der Waals surface area contributed by atoms with Crippen molar-refractivity contribution in [3.8, 4) is 0 Å². The molecule has 1 amide bonds. The Kier molecular flexibility index (Phi) is 2.50. The van der Waals surface area contributed by atoms with Gasteiger partial charge in [0.15, 0.2) is 0 Å². The number of benzene rings is 1. The molecule has 0 aromatic heterocycles. The van der Waals surface area contributed by atoms with E-state index in [1.54, 1.807) is 7.05 Å². The molecule has 1 aliphatic rings. The van der Waals surface area contributed by atoms with E-state index in [4.69, 9.17) is 0 Å². The number of rotatable bonds is 1. The maximum Gasteiger partial charge on any atom is 0.251 e. The summed E-state index contributed by atoms with van der Waals surface area (Å²) in [4.78, 5) is 11.6. The van der Waals surface area contributed by atoms with Gasteiger partial charge >= 0.3 is 0 Å². The Morgan fingerprint density at radius 3 is 3.14 bits per heavy atom. The largest absolute Gasteiger partial charge is 0.355 e. The third-order valence-corrected chi connectivity index (χ3v) is 2.61. The number of hydrogen-bond donors (Lipinski definition) is 2. The van der Waals surface area contributed by atoms with Crippen LogP contribution in [0.15, 0.2) is 18.2 Å². The Morgan fingerprint density at radius 2 is 2.36 bits per heavy atom. The Hall–Kier alpha value is -1.35.